The first-order valence-electron chi connectivity index (χ1n) is 10.5. The van der Waals surface area contributed by atoms with Gasteiger partial charge in [-0.05, 0) is 76.3 Å². The van der Waals surface area contributed by atoms with Crippen LogP contribution in [0.25, 0.3) is 5.57 Å². The minimum Gasteiger partial charge on any atom is -0.478 e. The van der Waals surface area contributed by atoms with Gasteiger partial charge in [-0.1, -0.05) is 19.4 Å². The zero-order chi connectivity index (χ0) is 23.7. The van der Waals surface area contributed by atoms with Crippen molar-refractivity contribution in [2.24, 2.45) is 5.92 Å². The molecule has 2 aromatic rings. The number of hydrogen-bond donors (Lipinski definition) is 0. The zero-order valence-electron chi connectivity index (χ0n) is 20.1. The minimum atomic E-state index is -3.46. The standard InChI is InChI=1S/C24H34N2O4S/c1-10-30-24-22(18(8)25-26(24)13-14(2)3)23(27)19-11-12-20(31(9,28)29)21(17(19)7)16(6)15(4)5/h11-12,14H,10,13H2,1-9H3. The highest BCUT2D eigenvalue weighted by Crippen LogP contribution is 2.34. The van der Waals surface area contributed by atoms with Gasteiger partial charge in [-0.25, -0.2) is 13.1 Å². The van der Waals surface area contributed by atoms with Crippen molar-refractivity contribution in [1.29, 1.82) is 0 Å². The van der Waals surface area contributed by atoms with E-state index in [0.29, 0.717) is 52.9 Å². The van der Waals surface area contributed by atoms with E-state index >= 15 is 0 Å². The number of carbonyl (C=O) groups is 1. The molecule has 7 heteroatoms. The Bertz CT molecular complexity index is 1130. The molecule has 6 nitrogen and oxygen atoms in total. The van der Waals surface area contributed by atoms with Crippen LogP contribution in [0.2, 0.25) is 0 Å². The molecule has 0 amide bonds. The highest BCUT2D eigenvalue weighted by Gasteiger charge is 2.28. The van der Waals surface area contributed by atoms with Gasteiger partial charge in [0, 0.05) is 18.4 Å². The summed E-state index contributed by atoms with van der Waals surface area (Å²) in [5.41, 5.74) is 4.57. The molecular formula is C24H34N2O4S. The summed E-state index contributed by atoms with van der Waals surface area (Å²) in [6.45, 7) is 16.4. The predicted octanol–water partition coefficient (Wildman–Crippen LogP) is 5.00. The molecule has 0 bridgehead atoms. The van der Waals surface area contributed by atoms with Gasteiger partial charge in [0.25, 0.3) is 0 Å². The zero-order valence-corrected chi connectivity index (χ0v) is 20.9. The number of nitrogens with zero attached hydrogens (tertiary/aromatic N) is 2. The highest BCUT2D eigenvalue weighted by atomic mass is 32.2. The summed E-state index contributed by atoms with van der Waals surface area (Å²) in [6.07, 6.45) is 1.19. The SMILES string of the molecule is CCOc1c(C(=O)c2ccc(S(C)(=O)=O)c(C(C)=C(C)C)c2C)c(C)nn1CC(C)C. The van der Waals surface area contributed by atoms with Gasteiger partial charge in [0.15, 0.2) is 9.84 Å². The van der Waals surface area contributed by atoms with Gasteiger partial charge in [-0.3, -0.25) is 4.79 Å². The molecule has 1 heterocycles. The Morgan fingerprint density at radius 3 is 2.23 bits per heavy atom. The lowest BCUT2D eigenvalue weighted by atomic mass is 9.91. The van der Waals surface area contributed by atoms with Crippen LogP contribution < -0.4 is 4.74 Å². The first-order chi connectivity index (χ1) is 14.3. The van der Waals surface area contributed by atoms with Crippen molar-refractivity contribution in [1.82, 2.24) is 9.78 Å². The second kappa shape index (κ2) is 9.39. The summed E-state index contributed by atoms with van der Waals surface area (Å²) in [5, 5.41) is 4.55. The van der Waals surface area contributed by atoms with E-state index in [1.807, 2.05) is 27.7 Å². The van der Waals surface area contributed by atoms with E-state index < -0.39 is 9.84 Å². The topological polar surface area (TPSA) is 78.3 Å². The molecule has 0 unspecified atom stereocenters. The molecule has 0 saturated heterocycles. The number of carbonyl (C=O) groups excluding carboxylic acids is 1. The number of ether oxygens (including phenoxy) is 1. The van der Waals surface area contributed by atoms with Gasteiger partial charge in [-0.15, -0.1) is 0 Å². The minimum absolute atomic E-state index is 0.212. The van der Waals surface area contributed by atoms with Crippen LogP contribution >= 0.6 is 0 Å². The third-order valence-corrected chi connectivity index (χ3v) is 6.46. The molecule has 0 aliphatic carbocycles. The number of rotatable bonds is 8. The van der Waals surface area contributed by atoms with Crippen LogP contribution in [0.4, 0.5) is 0 Å². The van der Waals surface area contributed by atoms with Crippen LogP contribution in [0.1, 0.15) is 74.3 Å². The molecule has 31 heavy (non-hydrogen) atoms. The molecule has 0 fully saturated rings. The van der Waals surface area contributed by atoms with Crippen molar-refractivity contribution >= 4 is 21.2 Å². The summed E-state index contributed by atoms with van der Waals surface area (Å²) < 4.78 is 32.5. The largest absolute Gasteiger partial charge is 0.478 e. The summed E-state index contributed by atoms with van der Waals surface area (Å²) >= 11 is 0. The van der Waals surface area contributed by atoms with Crippen molar-refractivity contribution in [3.05, 3.63) is 45.7 Å². The van der Waals surface area contributed by atoms with E-state index in [0.717, 1.165) is 11.1 Å². The van der Waals surface area contributed by atoms with Crippen LogP contribution in [-0.4, -0.2) is 36.8 Å². The molecule has 0 aliphatic heterocycles. The molecule has 0 saturated carbocycles. The average molecular weight is 447 g/mol. The first kappa shape index (κ1) is 24.9. The van der Waals surface area contributed by atoms with Crippen LogP contribution in [0.3, 0.4) is 0 Å². The normalized spacial score (nSPS) is 11.7. The van der Waals surface area contributed by atoms with E-state index in [2.05, 4.69) is 18.9 Å². The van der Waals surface area contributed by atoms with Crippen molar-refractivity contribution in [3.8, 4) is 5.88 Å². The fraction of sp³-hybridized carbons (Fsp3) is 0.500. The van der Waals surface area contributed by atoms with Gasteiger partial charge in [0.1, 0.15) is 5.56 Å². The summed E-state index contributed by atoms with van der Waals surface area (Å²) in [5.74, 6) is 0.589. The number of hydrogen-bond acceptors (Lipinski definition) is 5. The predicted molar refractivity (Wildman–Crippen MR) is 125 cm³/mol. The molecule has 0 spiro atoms. The monoisotopic (exact) mass is 446 g/mol. The van der Waals surface area contributed by atoms with Gasteiger partial charge in [0.05, 0.1) is 17.2 Å². The van der Waals surface area contributed by atoms with Gasteiger partial charge < -0.3 is 4.74 Å². The van der Waals surface area contributed by atoms with E-state index in [9.17, 15) is 13.2 Å². The van der Waals surface area contributed by atoms with E-state index in [1.165, 1.54) is 12.3 Å². The molecule has 0 radical (unpaired) electrons. The second-order valence-corrected chi connectivity index (χ2v) is 10.6. The lowest BCUT2D eigenvalue weighted by Gasteiger charge is -2.17. The molecule has 170 valence electrons. The lowest BCUT2D eigenvalue weighted by molar-refractivity contribution is 0.103. The third kappa shape index (κ3) is 5.09. The highest BCUT2D eigenvalue weighted by molar-refractivity contribution is 7.90. The number of aryl methyl sites for hydroxylation is 1. The average Bonchev–Trinajstić information content (AvgIpc) is 2.94. The second-order valence-electron chi connectivity index (χ2n) is 8.61. The molecule has 1 aromatic carbocycles. The van der Waals surface area contributed by atoms with Crippen LogP contribution in [0.15, 0.2) is 22.6 Å². The smallest absolute Gasteiger partial charge is 0.223 e. The van der Waals surface area contributed by atoms with E-state index in [4.69, 9.17) is 4.74 Å². The van der Waals surface area contributed by atoms with Gasteiger partial charge in [-0.2, -0.15) is 5.10 Å². The summed E-state index contributed by atoms with van der Waals surface area (Å²) in [6, 6.07) is 3.14. The summed E-state index contributed by atoms with van der Waals surface area (Å²) in [7, 11) is -3.46. The maximum Gasteiger partial charge on any atom is 0.223 e. The maximum absolute atomic E-state index is 13.7. The van der Waals surface area contributed by atoms with Gasteiger partial charge in [0.2, 0.25) is 11.7 Å². The van der Waals surface area contributed by atoms with E-state index in [-0.39, 0.29) is 10.7 Å². The number of aromatic nitrogens is 2. The Morgan fingerprint density at radius 2 is 1.74 bits per heavy atom. The molecule has 0 aliphatic rings. The number of ketones is 1. The van der Waals surface area contributed by atoms with Gasteiger partial charge >= 0.3 is 0 Å². The Labute approximate surface area is 186 Å². The molecule has 2 rings (SSSR count). The summed E-state index contributed by atoms with van der Waals surface area (Å²) in [4.78, 5) is 13.9. The Kier molecular flexibility index (Phi) is 7.53. The quantitative estimate of drug-likeness (QED) is 0.533. The van der Waals surface area contributed by atoms with Crippen LogP contribution in [-0.2, 0) is 16.4 Å². The Morgan fingerprint density at radius 1 is 1.13 bits per heavy atom. The maximum atomic E-state index is 13.7. The number of benzene rings is 1. The molecule has 0 N–H and O–H groups in total. The van der Waals surface area contributed by atoms with Crippen molar-refractivity contribution in [3.63, 3.8) is 0 Å². The molecule has 0 atom stereocenters. The molecular weight excluding hydrogens is 412 g/mol. The lowest BCUT2D eigenvalue weighted by Crippen LogP contribution is -2.13. The third-order valence-electron chi connectivity index (χ3n) is 5.32. The number of allylic oxidation sites excluding steroid dienone is 2. The Balaban J connectivity index is 2.79. The number of sulfone groups is 1. The fourth-order valence-corrected chi connectivity index (χ4v) is 4.66. The van der Waals surface area contributed by atoms with E-state index in [1.54, 1.807) is 24.6 Å². The first-order valence-corrected chi connectivity index (χ1v) is 12.4. The van der Waals surface area contributed by atoms with Crippen LogP contribution in [0.5, 0.6) is 5.88 Å². The van der Waals surface area contributed by atoms with Crippen molar-refractivity contribution in [2.45, 2.75) is 66.8 Å². The Hall–Kier alpha value is -2.41. The fourth-order valence-electron chi connectivity index (χ4n) is 3.67. The van der Waals surface area contributed by atoms with Crippen LogP contribution in [0, 0.1) is 19.8 Å². The van der Waals surface area contributed by atoms with Crippen molar-refractivity contribution < 1.29 is 17.9 Å². The molecule has 1 aromatic heterocycles. The van der Waals surface area contributed by atoms with Crippen molar-refractivity contribution in [2.75, 3.05) is 12.9 Å².